The molecule has 8 heteroatoms. The van der Waals surface area contributed by atoms with Crippen LogP contribution in [-0.4, -0.2) is 34.5 Å². The first-order valence-electron chi connectivity index (χ1n) is 11.6. The fraction of sp³-hybridized carbons (Fsp3) is 0.214. The highest BCUT2D eigenvalue weighted by Gasteiger charge is 2.26. The summed E-state index contributed by atoms with van der Waals surface area (Å²) in [5.41, 5.74) is 10.3. The maximum absolute atomic E-state index is 13.7. The van der Waals surface area contributed by atoms with Crippen molar-refractivity contribution in [2.75, 3.05) is 6.54 Å². The summed E-state index contributed by atoms with van der Waals surface area (Å²) in [4.78, 5) is 38.5. The largest absolute Gasteiger partial charge is 0.465 e. The standard InChI is InChI=1S/C28H27N3O5/c1-5-31(28(34)35)26(32)19-12-16(2)25(17(3)13-19)36-27(33)24-20-8-6-7-9-22(20)30(4)23-14-18(15-29)10-11-21(23)24/h6-14H,5,15,29H2,1-4H3/p+1. The van der Waals surface area contributed by atoms with Crippen LogP contribution in [0.1, 0.15) is 44.3 Å². The van der Waals surface area contributed by atoms with Gasteiger partial charge in [-0.3, -0.25) is 4.79 Å². The maximum Gasteiger partial charge on any atom is 0.414 e. The van der Waals surface area contributed by atoms with Crippen LogP contribution in [0.5, 0.6) is 5.75 Å². The molecular weight excluding hydrogens is 458 g/mol. The van der Waals surface area contributed by atoms with Crippen molar-refractivity contribution in [2.24, 2.45) is 12.8 Å². The average molecular weight is 487 g/mol. The summed E-state index contributed by atoms with van der Waals surface area (Å²) < 4.78 is 7.96. The molecule has 0 fully saturated rings. The molecule has 4 rings (SSSR count). The summed E-state index contributed by atoms with van der Waals surface area (Å²) in [7, 11) is 1.95. The van der Waals surface area contributed by atoms with E-state index >= 15 is 0 Å². The van der Waals surface area contributed by atoms with E-state index in [1.807, 2.05) is 54.1 Å². The molecule has 36 heavy (non-hydrogen) atoms. The molecule has 0 aliphatic heterocycles. The maximum atomic E-state index is 13.7. The number of carboxylic acid groups (broad SMARTS) is 1. The molecule has 0 saturated carbocycles. The predicted octanol–water partition coefficient (Wildman–Crippen LogP) is 4.25. The molecule has 8 nitrogen and oxygen atoms in total. The molecule has 0 saturated heterocycles. The molecule has 3 aromatic carbocycles. The lowest BCUT2D eigenvalue weighted by Gasteiger charge is -2.17. The Kier molecular flexibility index (Phi) is 6.72. The number of rotatable bonds is 5. The SMILES string of the molecule is CCN(C(=O)O)C(=O)c1cc(C)c(OC(=O)c2c3ccccc3[n+](C)c3cc(CN)ccc23)c(C)c1. The number of carbonyl (C=O) groups excluding carboxylic acids is 2. The number of aryl methyl sites for hydroxylation is 3. The summed E-state index contributed by atoms with van der Waals surface area (Å²) in [6.45, 7) is 5.44. The molecule has 3 N–H and O–H groups in total. The van der Waals surface area contributed by atoms with Crippen LogP contribution < -0.4 is 15.0 Å². The Hall–Kier alpha value is -4.30. The van der Waals surface area contributed by atoms with E-state index in [4.69, 9.17) is 10.5 Å². The minimum Gasteiger partial charge on any atom is -0.465 e. The van der Waals surface area contributed by atoms with Gasteiger partial charge in [-0.05, 0) is 61.7 Å². The van der Waals surface area contributed by atoms with Gasteiger partial charge in [-0.1, -0.05) is 18.2 Å². The van der Waals surface area contributed by atoms with Crippen molar-refractivity contribution in [3.63, 3.8) is 0 Å². The third-order valence-corrected chi connectivity index (χ3v) is 6.36. The third-order valence-electron chi connectivity index (χ3n) is 6.36. The molecule has 0 bridgehead atoms. The van der Waals surface area contributed by atoms with Crippen molar-refractivity contribution < 1.29 is 28.8 Å². The first-order chi connectivity index (χ1) is 17.2. The fourth-order valence-corrected chi connectivity index (χ4v) is 4.57. The zero-order valence-electron chi connectivity index (χ0n) is 20.7. The summed E-state index contributed by atoms with van der Waals surface area (Å²) in [5, 5.41) is 10.8. The zero-order valence-corrected chi connectivity index (χ0v) is 20.7. The van der Waals surface area contributed by atoms with E-state index in [0.29, 0.717) is 29.0 Å². The van der Waals surface area contributed by atoms with Crippen LogP contribution in [0.2, 0.25) is 0 Å². The van der Waals surface area contributed by atoms with Crippen LogP contribution in [0.3, 0.4) is 0 Å². The molecule has 0 radical (unpaired) electrons. The van der Waals surface area contributed by atoms with Gasteiger partial charge in [0, 0.05) is 30.8 Å². The van der Waals surface area contributed by atoms with Gasteiger partial charge in [-0.25, -0.2) is 14.5 Å². The van der Waals surface area contributed by atoms with Crippen molar-refractivity contribution in [3.05, 3.63) is 82.4 Å². The van der Waals surface area contributed by atoms with Crippen molar-refractivity contribution in [2.45, 2.75) is 27.3 Å². The van der Waals surface area contributed by atoms with Crippen LogP contribution >= 0.6 is 0 Å². The van der Waals surface area contributed by atoms with Gasteiger partial charge in [0.2, 0.25) is 11.0 Å². The Balaban J connectivity index is 1.81. The van der Waals surface area contributed by atoms with Crippen molar-refractivity contribution in [1.29, 1.82) is 0 Å². The molecule has 184 valence electrons. The van der Waals surface area contributed by atoms with Crippen LogP contribution in [-0.2, 0) is 13.6 Å². The lowest BCUT2D eigenvalue weighted by atomic mass is 10.00. The summed E-state index contributed by atoms with van der Waals surface area (Å²) in [5.74, 6) is -0.820. The smallest absolute Gasteiger partial charge is 0.414 e. The van der Waals surface area contributed by atoms with E-state index in [-0.39, 0.29) is 12.1 Å². The van der Waals surface area contributed by atoms with E-state index in [1.165, 1.54) is 12.1 Å². The van der Waals surface area contributed by atoms with Crippen LogP contribution in [0.4, 0.5) is 4.79 Å². The lowest BCUT2D eigenvalue weighted by Crippen LogP contribution is -2.35. The molecule has 2 amide bonds. The number of hydrogen-bond acceptors (Lipinski definition) is 5. The Labute approximate surface area is 208 Å². The first-order valence-corrected chi connectivity index (χ1v) is 11.6. The highest BCUT2D eigenvalue weighted by atomic mass is 16.5. The second-order valence-electron chi connectivity index (χ2n) is 8.67. The number of ether oxygens (including phenoxy) is 1. The number of amides is 2. The second-order valence-corrected chi connectivity index (χ2v) is 8.67. The minimum absolute atomic E-state index is 0.0282. The van der Waals surface area contributed by atoms with Crippen LogP contribution in [0, 0.1) is 13.8 Å². The highest BCUT2D eigenvalue weighted by molar-refractivity contribution is 6.13. The number of benzene rings is 3. The van der Waals surface area contributed by atoms with Crippen molar-refractivity contribution >= 4 is 39.8 Å². The highest BCUT2D eigenvalue weighted by Crippen LogP contribution is 2.30. The van der Waals surface area contributed by atoms with Gasteiger partial charge in [-0.2, -0.15) is 4.57 Å². The molecule has 0 aliphatic carbocycles. The number of aromatic nitrogens is 1. The van der Waals surface area contributed by atoms with Gasteiger partial charge in [0.15, 0.2) is 0 Å². The molecule has 0 atom stereocenters. The van der Waals surface area contributed by atoms with Gasteiger partial charge in [0.25, 0.3) is 5.91 Å². The number of fused-ring (bicyclic) bond motifs is 2. The summed E-state index contributed by atoms with van der Waals surface area (Å²) in [6.07, 6.45) is -1.32. The third kappa shape index (κ3) is 4.27. The molecule has 1 heterocycles. The molecule has 4 aromatic rings. The predicted molar refractivity (Wildman–Crippen MR) is 136 cm³/mol. The van der Waals surface area contributed by atoms with Crippen LogP contribution in [0.25, 0.3) is 21.8 Å². The van der Waals surface area contributed by atoms with Gasteiger partial charge >= 0.3 is 12.1 Å². The van der Waals surface area contributed by atoms with E-state index in [1.54, 1.807) is 20.8 Å². The number of para-hydroxylation sites is 1. The van der Waals surface area contributed by atoms with Crippen molar-refractivity contribution in [1.82, 2.24) is 4.90 Å². The van der Waals surface area contributed by atoms with Gasteiger partial charge in [0.1, 0.15) is 12.8 Å². The topological polar surface area (TPSA) is 114 Å². The zero-order chi connectivity index (χ0) is 26.1. The fourth-order valence-electron chi connectivity index (χ4n) is 4.57. The van der Waals surface area contributed by atoms with E-state index in [2.05, 4.69) is 0 Å². The second kappa shape index (κ2) is 9.75. The molecule has 0 aliphatic rings. The molecular formula is C28H28N3O5+. The number of nitrogens with two attached hydrogens (primary N) is 1. The molecule has 0 spiro atoms. The number of nitrogens with zero attached hydrogens (tertiary/aromatic N) is 2. The minimum atomic E-state index is -1.32. The Bertz CT molecular complexity index is 1520. The Morgan fingerprint density at radius 3 is 2.22 bits per heavy atom. The van der Waals surface area contributed by atoms with Crippen molar-refractivity contribution in [3.8, 4) is 5.75 Å². The molecule has 0 unspecified atom stereocenters. The normalized spacial score (nSPS) is 11.0. The number of pyridine rings is 1. The molecule has 1 aromatic heterocycles. The van der Waals surface area contributed by atoms with E-state index < -0.39 is 18.0 Å². The number of hydrogen-bond donors (Lipinski definition) is 2. The first kappa shape index (κ1) is 24.8. The van der Waals surface area contributed by atoms with Gasteiger partial charge < -0.3 is 15.6 Å². The average Bonchev–Trinajstić information content (AvgIpc) is 2.86. The van der Waals surface area contributed by atoms with Crippen LogP contribution in [0.15, 0.2) is 54.6 Å². The number of carbonyl (C=O) groups is 3. The number of esters is 1. The van der Waals surface area contributed by atoms with Gasteiger partial charge in [0.05, 0.1) is 16.3 Å². The van der Waals surface area contributed by atoms with E-state index in [9.17, 15) is 19.5 Å². The van der Waals surface area contributed by atoms with Gasteiger partial charge in [-0.15, -0.1) is 0 Å². The quantitative estimate of drug-likeness (QED) is 0.189. The summed E-state index contributed by atoms with van der Waals surface area (Å²) in [6, 6.07) is 16.4. The summed E-state index contributed by atoms with van der Waals surface area (Å²) >= 11 is 0. The monoisotopic (exact) mass is 486 g/mol. The lowest BCUT2D eigenvalue weighted by molar-refractivity contribution is -0.617. The number of imide groups is 1. The van der Waals surface area contributed by atoms with E-state index in [0.717, 1.165) is 32.3 Å². The Morgan fingerprint density at radius 1 is 0.972 bits per heavy atom. The Morgan fingerprint density at radius 2 is 1.61 bits per heavy atom.